The molecule has 1 aromatic rings. The Bertz CT molecular complexity index is 532. The van der Waals surface area contributed by atoms with Crippen LogP contribution >= 0.6 is 0 Å². The molecule has 0 atom stereocenters. The maximum Gasteiger partial charge on any atom is 0.310 e. The normalized spacial score (nSPS) is 15.4. The molecule has 3 heteroatoms. The van der Waals surface area contributed by atoms with Gasteiger partial charge < -0.3 is 9.64 Å². The molecule has 0 bridgehead atoms. The van der Waals surface area contributed by atoms with E-state index in [1.54, 1.807) is 0 Å². The highest BCUT2D eigenvalue weighted by molar-refractivity contribution is 5.74. The van der Waals surface area contributed by atoms with Crippen molar-refractivity contribution < 1.29 is 9.53 Å². The van der Waals surface area contributed by atoms with Gasteiger partial charge in [-0.2, -0.15) is 0 Å². The van der Waals surface area contributed by atoms with Crippen LogP contribution in [0.15, 0.2) is 29.8 Å². The van der Waals surface area contributed by atoms with E-state index in [1.165, 1.54) is 36.0 Å². The second-order valence-electron chi connectivity index (χ2n) is 5.88. The third kappa shape index (κ3) is 4.43. The number of rotatable bonds is 5. The minimum Gasteiger partial charge on any atom is -0.427 e. The molecule has 0 fully saturated rings. The Balaban J connectivity index is 2.28. The first kappa shape index (κ1) is 15.8. The predicted octanol–water partition coefficient (Wildman–Crippen LogP) is 3.89. The third-order valence-electron chi connectivity index (χ3n) is 3.79. The first-order valence-electron chi connectivity index (χ1n) is 7.77. The quantitative estimate of drug-likeness (QED) is 0.608. The summed E-state index contributed by atoms with van der Waals surface area (Å²) in [5.74, 6) is 0.472. The lowest BCUT2D eigenvalue weighted by Crippen LogP contribution is -2.17. The number of hydrogen-bond donors (Lipinski definition) is 0. The number of esters is 1. The van der Waals surface area contributed by atoms with Gasteiger partial charge in [0.15, 0.2) is 0 Å². The predicted molar refractivity (Wildman–Crippen MR) is 86.3 cm³/mol. The summed E-state index contributed by atoms with van der Waals surface area (Å²) >= 11 is 0. The standard InChI is InChI=1S/C18H25NO2/c1-4-18(20)21-16-10-7-9-14(12-16)17-11-6-5-8-15(17)13-19(2)3/h7,9-10,12H,4-6,8,11,13H2,1-3H3. The van der Waals surface area contributed by atoms with Gasteiger partial charge in [0.25, 0.3) is 0 Å². The summed E-state index contributed by atoms with van der Waals surface area (Å²) in [4.78, 5) is 13.7. The fraction of sp³-hybridized carbons (Fsp3) is 0.500. The van der Waals surface area contributed by atoms with E-state index in [1.807, 2.05) is 25.1 Å². The molecular formula is C18H25NO2. The number of benzene rings is 1. The van der Waals surface area contributed by atoms with Gasteiger partial charge in [-0.3, -0.25) is 4.79 Å². The van der Waals surface area contributed by atoms with E-state index in [4.69, 9.17) is 4.74 Å². The van der Waals surface area contributed by atoms with Gasteiger partial charge in [0.1, 0.15) is 5.75 Å². The summed E-state index contributed by atoms with van der Waals surface area (Å²) in [6.45, 7) is 2.82. The molecular weight excluding hydrogens is 262 g/mol. The van der Waals surface area contributed by atoms with Crippen molar-refractivity contribution in [2.45, 2.75) is 39.0 Å². The van der Waals surface area contributed by atoms with Crippen molar-refractivity contribution in [2.75, 3.05) is 20.6 Å². The van der Waals surface area contributed by atoms with Crippen LogP contribution < -0.4 is 4.74 Å². The van der Waals surface area contributed by atoms with Crippen LogP contribution in [-0.4, -0.2) is 31.5 Å². The highest BCUT2D eigenvalue weighted by Crippen LogP contribution is 2.33. The monoisotopic (exact) mass is 287 g/mol. The van der Waals surface area contributed by atoms with Crippen LogP contribution in [0.25, 0.3) is 5.57 Å². The van der Waals surface area contributed by atoms with Crippen molar-refractivity contribution in [3.63, 3.8) is 0 Å². The number of hydrogen-bond acceptors (Lipinski definition) is 3. The zero-order chi connectivity index (χ0) is 15.2. The van der Waals surface area contributed by atoms with Gasteiger partial charge in [-0.15, -0.1) is 0 Å². The number of carbonyl (C=O) groups excluding carboxylic acids is 1. The van der Waals surface area contributed by atoms with E-state index >= 15 is 0 Å². The van der Waals surface area contributed by atoms with E-state index in [9.17, 15) is 4.79 Å². The van der Waals surface area contributed by atoms with Gasteiger partial charge in [-0.05, 0) is 63.0 Å². The van der Waals surface area contributed by atoms with Gasteiger partial charge in [-0.1, -0.05) is 24.6 Å². The zero-order valence-corrected chi connectivity index (χ0v) is 13.3. The average molecular weight is 287 g/mol. The number of allylic oxidation sites excluding steroid dienone is 1. The summed E-state index contributed by atoms with van der Waals surface area (Å²) < 4.78 is 5.34. The van der Waals surface area contributed by atoms with Crippen LogP contribution in [-0.2, 0) is 4.79 Å². The van der Waals surface area contributed by atoms with E-state index in [0.29, 0.717) is 12.2 Å². The van der Waals surface area contributed by atoms with Crippen LogP contribution in [0.1, 0.15) is 44.6 Å². The first-order chi connectivity index (χ1) is 10.1. The zero-order valence-electron chi connectivity index (χ0n) is 13.3. The smallest absolute Gasteiger partial charge is 0.310 e. The molecule has 2 rings (SSSR count). The van der Waals surface area contributed by atoms with Crippen molar-refractivity contribution in [3.8, 4) is 5.75 Å². The van der Waals surface area contributed by atoms with Crippen LogP contribution in [0, 0.1) is 0 Å². The van der Waals surface area contributed by atoms with E-state index in [-0.39, 0.29) is 5.97 Å². The Kier molecular flexibility index (Phi) is 5.57. The van der Waals surface area contributed by atoms with E-state index in [0.717, 1.165) is 13.0 Å². The SMILES string of the molecule is CCC(=O)Oc1cccc(C2=C(CN(C)C)CCCC2)c1. The number of ether oxygens (including phenoxy) is 1. The van der Waals surface area contributed by atoms with E-state index < -0.39 is 0 Å². The topological polar surface area (TPSA) is 29.5 Å². The fourth-order valence-electron chi connectivity index (χ4n) is 2.82. The second kappa shape index (κ2) is 7.41. The summed E-state index contributed by atoms with van der Waals surface area (Å²) in [6, 6.07) is 7.96. The average Bonchev–Trinajstić information content (AvgIpc) is 2.47. The summed E-state index contributed by atoms with van der Waals surface area (Å²) in [7, 11) is 4.22. The summed E-state index contributed by atoms with van der Waals surface area (Å²) in [5.41, 5.74) is 4.16. The molecule has 21 heavy (non-hydrogen) atoms. The molecule has 0 aromatic heterocycles. The second-order valence-corrected chi connectivity index (χ2v) is 5.88. The van der Waals surface area contributed by atoms with Gasteiger partial charge >= 0.3 is 5.97 Å². The minimum atomic E-state index is -0.182. The van der Waals surface area contributed by atoms with Crippen molar-refractivity contribution >= 4 is 11.5 Å². The molecule has 0 aliphatic heterocycles. The van der Waals surface area contributed by atoms with Gasteiger partial charge in [0.05, 0.1) is 0 Å². The van der Waals surface area contributed by atoms with Crippen molar-refractivity contribution in [2.24, 2.45) is 0 Å². The lowest BCUT2D eigenvalue weighted by Gasteiger charge is -2.23. The molecule has 1 aliphatic carbocycles. The van der Waals surface area contributed by atoms with Crippen LogP contribution in [0.3, 0.4) is 0 Å². The Morgan fingerprint density at radius 1 is 1.24 bits per heavy atom. The first-order valence-corrected chi connectivity index (χ1v) is 7.77. The lowest BCUT2D eigenvalue weighted by molar-refractivity contribution is -0.134. The molecule has 0 spiro atoms. The Morgan fingerprint density at radius 2 is 2.00 bits per heavy atom. The Morgan fingerprint density at radius 3 is 2.71 bits per heavy atom. The third-order valence-corrected chi connectivity index (χ3v) is 3.79. The number of likely N-dealkylation sites (N-methyl/N-ethyl adjacent to an activating group) is 1. The maximum atomic E-state index is 11.4. The van der Waals surface area contributed by atoms with Crippen LogP contribution in [0.2, 0.25) is 0 Å². The van der Waals surface area contributed by atoms with Crippen molar-refractivity contribution in [1.29, 1.82) is 0 Å². The highest BCUT2D eigenvalue weighted by atomic mass is 16.5. The molecule has 0 unspecified atom stereocenters. The largest absolute Gasteiger partial charge is 0.427 e. The molecule has 0 radical (unpaired) electrons. The molecule has 114 valence electrons. The van der Waals surface area contributed by atoms with E-state index in [2.05, 4.69) is 25.1 Å². The van der Waals surface area contributed by atoms with Crippen molar-refractivity contribution in [1.82, 2.24) is 4.90 Å². The summed E-state index contributed by atoms with van der Waals surface area (Å²) in [6.07, 6.45) is 5.21. The minimum absolute atomic E-state index is 0.182. The molecule has 0 saturated carbocycles. The van der Waals surface area contributed by atoms with Crippen molar-refractivity contribution in [3.05, 3.63) is 35.4 Å². The molecule has 1 aliphatic rings. The van der Waals surface area contributed by atoms with Crippen LogP contribution in [0.4, 0.5) is 0 Å². The molecule has 0 amide bonds. The fourth-order valence-corrected chi connectivity index (χ4v) is 2.82. The summed E-state index contributed by atoms with van der Waals surface area (Å²) in [5, 5.41) is 0. The molecule has 0 heterocycles. The Labute approximate surface area is 127 Å². The van der Waals surface area contributed by atoms with Gasteiger partial charge in [-0.25, -0.2) is 0 Å². The molecule has 1 aromatic carbocycles. The number of nitrogens with zero attached hydrogens (tertiary/aromatic N) is 1. The van der Waals surface area contributed by atoms with Gasteiger partial charge in [0.2, 0.25) is 0 Å². The number of carbonyl (C=O) groups is 1. The Hall–Kier alpha value is -1.61. The maximum absolute atomic E-state index is 11.4. The van der Waals surface area contributed by atoms with Crippen LogP contribution in [0.5, 0.6) is 5.75 Å². The molecule has 0 N–H and O–H groups in total. The lowest BCUT2D eigenvalue weighted by atomic mass is 9.87. The highest BCUT2D eigenvalue weighted by Gasteiger charge is 2.15. The molecule has 0 saturated heterocycles. The van der Waals surface area contributed by atoms with Gasteiger partial charge in [0, 0.05) is 13.0 Å². The molecule has 3 nitrogen and oxygen atoms in total.